The Morgan fingerprint density at radius 3 is 3.00 bits per heavy atom. The fourth-order valence-corrected chi connectivity index (χ4v) is 0.964. The zero-order valence-corrected chi connectivity index (χ0v) is 7.90. The standard InChI is InChI=1S/C9H12FN3O/c1-2-3-4-5-13-6-7(10)8(11)12-9(13)14/h3-4,6H,2,5H2,1H3,(H2,11,12,14)/b4-3-. The van der Waals surface area contributed by atoms with Crippen LogP contribution in [-0.4, -0.2) is 9.55 Å². The zero-order chi connectivity index (χ0) is 10.6. The lowest BCUT2D eigenvalue weighted by Gasteiger charge is -2.01. The fraction of sp³-hybridized carbons (Fsp3) is 0.333. The molecule has 0 unspecified atom stereocenters. The van der Waals surface area contributed by atoms with Crippen LogP contribution in [0.5, 0.6) is 0 Å². The van der Waals surface area contributed by atoms with E-state index in [2.05, 4.69) is 4.98 Å². The number of nitrogens with zero attached hydrogens (tertiary/aromatic N) is 2. The van der Waals surface area contributed by atoms with E-state index in [0.717, 1.165) is 17.2 Å². The van der Waals surface area contributed by atoms with E-state index in [9.17, 15) is 9.18 Å². The van der Waals surface area contributed by atoms with E-state index in [-0.39, 0.29) is 5.82 Å². The Hall–Kier alpha value is -1.65. The van der Waals surface area contributed by atoms with Gasteiger partial charge in [-0.25, -0.2) is 9.18 Å². The first-order chi connectivity index (χ1) is 6.65. The van der Waals surface area contributed by atoms with E-state index in [0.29, 0.717) is 6.54 Å². The van der Waals surface area contributed by atoms with Gasteiger partial charge in [-0.2, -0.15) is 4.98 Å². The number of allylic oxidation sites excluding steroid dienone is 2. The van der Waals surface area contributed by atoms with Crippen molar-refractivity contribution in [1.29, 1.82) is 0 Å². The summed E-state index contributed by atoms with van der Waals surface area (Å²) in [4.78, 5) is 14.5. The zero-order valence-electron chi connectivity index (χ0n) is 7.90. The predicted molar refractivity (Wildman–Crippen MR) is 52.3 cm³/mol. The first-order valence-corrected chi connectivity index (χ1v) is 4.32. The predicted octanol–water partition coefficient (Wildman–Crippen LogP) is 0.931. The minimum atomic E-state index is -0.672. The van der Waals surface area contributed by atoms with E-state index < -0.39 is 11.5 Å². The lowest BCUT2D eigenvalue weighted by Crippen LogP contribution is -2.24. The molecule has 14 heavy (non-hydrogen) atoms. The molecule has 0 bridgehead atoms. The molecule has 0 saturated heterocycles. The first-order valence-electron chi connectivity index (χ1n) is 4.32. The minimum Gasteiger partial charge on any atom is -0.381 e. The van der Waals surface area contributed by atoms with Crippen LogP contribution in [0.4, 0.5) is 10.2 Å². The van der Waals surface area contributed by atoms with Crippen LogP contribution in [0.3, 0.4) is 0 Å². The highest BCUT2D eigenvalue weighted by Gasteiger charge is 2.02. The van der Waals surface area contributed by atoms with Crippen LogP contribution >= 0.6 is 0 Å². The number of nitrogen functional groups attached to an aromatic ring is 1. The van der Waals surface area contributed by atoms with Crippen molar-refractivity contribution in [2.24, 2.45) is 0 Å². The summed E-state index contributed by atoms with van der Waals surface area (Å²) in [6, 6.07) is 0. The van der Waals surface area contributed by atoms with Crippen molar-refractivity contribution in [3.05, 3.63) is 34.7 Å². The molecule has 1 aromatic rings. The van der Waals surface area contributed by atoms with Crippen LogP contribution in [0.15, 0.2) is 23.1 Å². The van der Waals surface area contributed by atoms with E-state index in [4.69, 9.17) is 5.73 Å². The molecular formula is C9H12FN3O. The van der Waals surface area contributed by atoms with Crippen LogP contribution in [0.2, 0.25) is 0 Å². The number of nitrogens with two attached hydrogens (primary N) is 1. The molecule has 1 aromatic heterocycles. The third kappa shape index (κ3) is 2.42. The quantitative estimate of drug-likeness (QED) is 0.733. The lowest BCUT2D eigenvalue weighted by atomic mass is 10.4. The second-order valence-corrected chi connectivity index (χ2v) is 2.79. The number of halogens is 1. The molecular weight excluding hydrogens is 185 g/mol. The first kappa shape index (κ1) is 10.4. The molecule has 2 N–H and O–H groups in total. The van der Waals surface area contributed by atoms with Crippen LogP contribution < -0.4 is 11.4 Å². The summed E-state index contributed by atoms with van der Waals surface area (Å²) in [6.45, 7) is 2.29. The Morgan fingerprint density at radius 2 is 2.36 bits per heavy atom. The van der Waals surface area contributed by atoms with Crippen LogP contribution in [0.25, 0.3) is 0 Å². The number of anilines is 1. The van der Waals surface area contributed by atoms with Crippen molar-refractivity contribution >= 4 is 5.82 Å². The van der Waals surface area contributed by atoms with Gasteiger partial charge in [0.15, 0.2) is 11.6 Å². The molecule has 0 atom stereocenters. The normalized spacial score (nSPS) is 11.0. The Balaban J connectivity index is 2.93. The van der Waals surface area contributed by atoms with E-state index in [1.807, 2.05) is 13.0 Å². The Labute approximate surface area is 80.9 Å². The maximum Gasteiger partial charge on any atom is 0.349 e. The molecule has 0 aliphatic rings. The summed E-state index contributed by atoms with van der Waals surface area (Å²) in [7, 11) is 0. The highest BCUT2D eigenvalue weighted by molar-refractivity contribution is 5.26. The molecule has 4 nitrogen and oxygen atoms in total. The van der Waals surface area contributed by atoms with Gasteiger partial charge in [0.1, 0.15) is 0 Å². The fourth-order valence-electron chi connectivity index (χ4n) is 0.964. The van der Waals surface area contributed by atoms with E-state index in [1.54, 1.807) is 6.08 Å². The molecule has 0 amide bonds. The molecule has 5 heteroatoms. The molecule has 0 spiro atoms. The Bertz CT molecular complexity index is 398. The summed E-state index contributed by atoms with van der Waals surface area (Å²) in [5.74, 6) is -1.03. The highest BCUT2D eigenvalue weighted by atomic mass is 19.1. The average molecular weight is 197 g/mol. The van der Waals surface area contributed by atoms with Crippen LogP contribution in [0.1, 0.15) is 13.3 Å². The molecule has 0 aliphatic carbocycles. The summed E-state index contributed by atoms with van der Waals surface area (Å²) in [5.41, 5.74) is 4.59. The Kier molecular flexibility index (Phi) is 3.39. The average Bonchev–Trinajstić information content (AvgIpc) is 2.14. The number of rotatable bonds is 3. The molecule has 76 valence electrons. The maximum absolute atomic E-state index is 12.9. The summed E-state index contributed by atoms with van der Waals surface area (Å²) in [6.07, 6.45) is 5.60. The summed E-state index contributed by atoms with van der Waals surface area (Å²) < 4.78 is 14.1. The van der Waals surface area contributed by atoms with Gasteiger partial charge in [0.25, 0.3) is 0 Å². The summed E-state index contributed by atoms with van der Waals surface area (Å²) >= 11 is 0. The SMILES string of the molecule is CC/C=C\Cn1cc(F)c(N)nc1=O. The smallest absolute Gasteiger partial charge is 0.349 e. The van der Waals surface area contributed by atoms with Gasteiger partial charge in [0.2, 0.25) is 0 Å². The molecule has 0 aliphatic heterocycles. The molecule has 1 heterocycles. The van der Waals surface area contributed by atoms with Gasteiger partial charge in [0, 0.05) is 12.7 Å². The van der Waals surface area contributed by atoms with Crippen molar-refractivity contribution in [2.45, 2.75) is 19.9 Å². The van der Waals surface area contributed by atoms with Crippen molar-refractivity contribution in [3.8, 4) is 0 Å². The highest BCUT2D eigenvalue weighted by Crippen LogP contribution is 2.00. The van der Waals surface area contributed by atoms with Crippen molar-refractivity contribution in [3.63, 3.8) is 0 Å². The van der Waals surface area contributed by atoms with Gasteiger partial charge >= 0.3 is 5.69 Å². The van der Waals surface area contributed by atoms with Gasteiger partial charge in [-0.1, -0.05) is 19.1 Å². The van der Waals surface area contributed by atoms with Crippen LogP contribution in [0, 0.1) is 5.82 Å². The van der Waals surface area contributed by atoms with Gasteiger partial charge < -0.3 is 5.73 Å². The largest absolute Gasteiger partial charge is 0.381 e. The second kappa shape index (κ2) is 4.55. The number of hydrogen-bond donors (Lipinski definition) is 1. The maximum atomic E-state index is 12.9. The monoisotopic (exact) mass is 197 g/mol. The minimum absolute atomic E-state index is 0.316. The van der Waals surface area contributed by atoms with Crippen molar-refractivity contribution in [2.75, 3.05) is 5.73 Å². The van der Waals surface area contributed by atoms with Crippen LogP contribution in [-0.2, 0) is 6.54 Å². The molecule has 1 rings (SSSR count). The van der Waals surface area contributed by atoms with E-state index in [1.165, 1.54) is 0 Å². The molecule has 0 saturated carbocycles. The van der Waals surface area contributed by atoms with Gasteiger partial charge in [0.05, 0.1) is 0 Å². The lowest BCUT2D eigenvalue weighted by molar-refractivity contribution is 0.588. The van der Waals surface area contributed by atoms with Gasteiger partial charge in [-0.3, -0.25) is 4.57 Å². The molecule has 0 radical (unpaired) electrons. The topological polar surface area (TPSA) is 60.9 Å². The van der Waals surface area contributed by atoms with Crippen molar-refractivity contribution < 1.29 is 4.39 Å². The summed E-state index contributed by atoms with van der Waals surface area (Å²) in [5, 5.41) is 0. The Morgan fingerprint density at radius 1 is 1.64 bits per heavy atom. The molecule has 0 fully saturated rings. The van der Waals surface area contributed by atoms with Gasteiger partial charge in [-0.15, -0.1) is 0 Å². The molecule has 0 aromatic carbocycles. The third-order valence-corrected chi connectivity index (χ3v) is 1.68. The van der Waals surface area contributed by atoms with E-state index >= 15 is 0 Å². The number of aromatic nitrogens is 2. The van der Waals surface area contributed by atoms with Crippen molar-refractivity contribution in [1.82, 2.24) is 9.55 Å². The second-order valence-electron chi connectivity index (χ2n) is 2.79. The van der Waals surface area contributed by atoms with Gasteiger partial charge in [-0.05, 0) is 6.42 Å². The number of hydrogen-bond acceptors (Lipinski definition) is 3. The third-order valence-electron chi connectivity index (χ3n) is 1.68.